The second-order valence-electron chi connectivity index (χ2n) is 8.18. The van der Waals surface area contributed by atoms with Gasteiger partial charge in [0.15, 0.2) is 0 Å². The first kappa shape index (κ1) is 22.4. The lowest BCUT2D eigenvalue weighted by Gasteiger charge is -2.09. The maximum Gasteiger partial charge on any atom is 0.268 e. The van der Waals surface area contributed by atoms with Crippen LogP contribution in [-0.4, -0.2) is 18.3 Å². The molecule has 0 fully saturated rings. The van der Waals surface area contributed by atoms with E-state index in [2.05, 4.69) is 5.32 Å². The number of amides is 1. The molecule has 1 aromatic heterocycles. The molecular formula is C28H23N3O3S. The van der Waals surface area contributed by atoms with Crippen LogP contribution in [0.25, 0.3) is 22.0 Å². The smallest absolute Gasteiger partial charge is 0.268 e. The van der Waals surface area contributed by atoms with Crippen molar-refractivity contribution < 1.29 is 13.2 Å². The Morgan fingerprint density at radius 1 is 0.800 bits per heavy atom. The molecule has 35 heavy (non-hydrogen) atoms. The van der Waals surface area contributed by atoms with Crippen LogP contribution in [-0.2, 0) is 16.6 Å². The fourth-order valence-electron chi connectivity index (χ4n) is 4.01. The van der Waals surface area contributed by atoms with E-state index in [1.54, 1.807) is 24.4 Å². The number of anilines is 1. The first-order valence-electron chi connectivity index (χ1n) is 11.1. The Hall–Kier alpha value is -4.36. The second kappa shape index (κ2) is 9.12. The van der Waals surface area contributed by atoms with Gasteiger partial charge >= 0.3 is 0 Å². The zero-order valence-electron chi connectivity index (χ0n) is 18.8. The molecule has 6 nitrogen and oxygen atoms in total. The molecule has 1 amide bonds. The van der Waals surface area contributed by atoms with E-state index in [1.807, 2.05) is 60.7 Å². The van der Waals surface area contributed by atoms with Crippen molar-refractivity contribution >= 4 is 32.5 Å². The van der Waals surface area contributed by atoms with Gasteiger partial charge in [-0.25, -0.2) is 12.4 Å². The summed E-state index contributed by atoms with van der Waals surface area (Å²) in [6, 6.07) is 30.3. The first-order chi connectivity index (χ1) is 16.9. The number of carbonyl (C=O) groups excluding carboxylic acids is 1. The van der Waals surface area contributed by atoms with Gasteiger partial charge in [0.25, 0.3) is 15.9 Å². The van der Waals surface area contributed by atoms with Crippen LogP contribution in [0.15, 0.2) is 114 Å². The molecule has 0 bridgehead atoms. The van der Waals surface area contributed by atoms with E-state index in [0.717, 1.165) is 22.1 Å². The largest absolute Gasteiger partial charge is 0.399 e. The average molecular weight is 482 g/mol. The van der Waals surface area contributed by atoms with Crippen LogP contribution in [0.4, 0.5) is 5.69 Å². The highest BCUT2D eigenvalue weighted by Gasteiger charge is 2.22. The average Bonchev–Trinajstić information content (AvgIpc) is 3.29. The number of nitrogen functional groups attached to an aromatic ring is 1. The van der Waals surface area contributed by atoms with Crippen LogP contribution in [0.3, 0.4) is 0 Å². The van der Waals surface area contributed by atoms with Crippen LogP contribution in [0.5, 0.6) is 0 Å². The fourth-order valence-corrected chi connectivity index (χ4v) is 5.38. The fraction of sp³-hybridized carbons (Fsp3) is 0.0357. The summed E-state index contributed by atoms with van der Waals surface area (Å²) in [7, 11) is -3.88. The number of para-hydroxylation sites is 1. The van der Waals surface area contributed by atoms with Crippen molar-refractivity contribution in [2.45, 2.75) is 11.4 Å². The number of aromatic nitrogens is 1. The number of benzene rings is 4. The van der Waals surface area contributed by atoms with Gasteiger partial charge in [-0.05, 0) is 53.6 Å². The van der Waals surface area contributed by atoms with Crippen LogP contribution >= 0.6 is 0 Å². The van der Waals surface area contributed by atoms with Gasteiger partial charge in [0.05, 0.1) is 10.4 Å². The summed E-state index contributed by atoms with van der Waals surface area (Å²) >= 11 is 0. The number of rotatable bonds is 6. The zero-order valence-corrected chi connectivity index (χ0v) is 19.6. The zero-order chi connectivity index (χ0) is 24.4. The van der Waals surface area contributed by atoms with Gasteiger partial charge in [-0.2, -0.15) is 0 Å². The summed E-state index contributed by atoms with van der Waals surface area (Å²) in [5.74, 6) is -0.288. The maximum absolute atomic E-state index is 13.6. The van der Waals surface area contributed by atoms with E-state index in [0.29, 0.717) is 23.3 Å². The lowest BCUT2D eigenvalue weighted by molar-refractivity contribution is 0.0951. The third kappa shape index (κ3) is 4.41. The molecule has 0 saturated heterocycles. The minimum atomic E-state index is -3.88. The highest BCUT2D eigenvalue weighted by atomic mass is 32.2. The summed E-state index contributed by atoms with van der Waals surface area (Å²) in [5, 5.41) is 3.68. The Morgan fingerprint density at radius 2 is 1.46 bits per heavy atom. The van der Waals surface area contributed by atoms with Gasteiger partial charge < -0.3 is 11.1 Å². The van der Waals surface area contributed by atoms with Crippen LogP contribution in [0.1, 0.15) is 15.9 Å². The third-order valence-corrected chi connectivity index (χ3v) is 7.56. The monoisotopic (exact) mass is 481 g/mol. The van der Waals surface area contributed by atoms with Crippen LogP contribution in [0.2, 0.25) is 0 Å². The lowest BCUT2D eigenvalue weighted by Crippen LogP contribution is -2.22. The van der Waals surface area contributed by atoms with Crippen molar-refractivity contribution in [2.24, 2.45) is 0 Å². The van der Waals surface area contributed by atoms with E-state index in [-0.39, 0.29) is 10.8 Å². The van der Waals surface area contributed by atoms with E-state index >= 15 is 0 Å². The molecule has 5 rings (SSSR count). The summed E-state index contributed by atoms with van der Waals surface area (Å²) in [6.45, 7) is 0.344. The van der Waals surface area contributed by atoms with E-state index < -0.39 is 10.0 Å². The Labute approximate surface area is 203 Å². The van der Waals surface area contributed by atoms with Crippen LogP contribution in [0, 0.1) is 0 Å². The molecule has 0 spiro atoms. The molecule has 0 aliphatic rings. The Morgan fingerprint density at radius 3 is 2.17 bits per heavy atom. The van der Waals surface area contributed by atoms with Gasteiger partial charge in [-0.1, -0.05) is 60.7 Å². The van der Waals surface area contributed by atoms with Crippen molar-refractivity contribution in [1.82, 2.24) is 9.29 Å². The maximum atomic E-state index is 13.6. The van der Waals surface area contributed by atoms with Crippen molar-refractivity contribution in [3.05, 3.63) is 120 Å². The molecule has 0 aliphatic heterocycles. The Balaban J connectivity index is 1.42. The van der Waals surface area contributed by atoms with Crippen molar-refractivity contribution in [3.63, 3.8) is 0 Å². The van der Waals surface area contributed by atoms with Crippen molar-refractivity contribution in [1.29, 1.82) is 0 Å². The number of nitrogens with zero attached hydrogens (tertiary/aromatic N) is 1. The third-order valence-electron chi connectivity index (χ3n) is 5.87. The van der Waals surface area contributed by atoms with E-state index in [4.69, 9.17) is 5.73 Å². The molecule has 3 N–H and O–H groups in total. The molecular weight excluding hydrogens is 458 g/mol. The van der Waals surface area contributed by atoms with Crippen molar-refractivity contribution in [3.8, 4) is 11.1 Å². The molecule has 4 aromatic carbocycles. The molecule has 174 valence electrons. The summed E-state index contributed by atoms with van der Waals surface area (Å²) in [4.78, 5) is 12.7. The predicted octanol–water partition coefficient (Wildman–Crippen LogP) is 5.06. The predicted molar refractivity (Wildman–Crippen MR) is 138 cm³/mol. The SMILES string of the molecule is Nc1ccc(CNC(=O)c2ccc(S(=O)(=O)n3cc(-c4ccccc4)c4ccccc43)cc2)cc1. The molecule has 7 heteroatoms. The van der Waals surface area contributed by atoms with E-state index in [1.165, 1.54) is 28.2 Å². The molecule has 0 radical (unpaired) electrons. The quantitative estimate of drug-likeness (QED) is 0.332. The standard InChI is InChI=1S/C28H23N3O3S/c29-23-14-10-20(11-15-23)18-30-28(32)22-12-16-24(17-13-22)35(33,34)31-19-26(21-6-2-1-3-7-21)25-8-4-5-9-27(25)31/h1-17,19H,18,29H2,(H,30,32). The number of carbonyl (C=O) groups is 1. The van der Waals surface area contributed by atoms with E-state index in [9.17, 15) is 13.2 Å². The molecule has 0 atom stereocenters. The number of nitrogens with two attached hydrogens (primary N) is 1. The topological polar surface area (TPSA) is 94.2 Å². The normalized spacial score (nSPS) is 11.4. The minimum absolute atomic E-state index is 0.105. The molecule has 1 heterocycles. The number of hydrogen-bond acceptors (Lipinski definition) is 4. The van der Waals surface area contributed by atoms with Gasteiger partial charge in [-0.3, -0.25) is 4.79 Å². The number of fused-ring (bicyclic) bond motifs is 1. The molecule has 0 aliphatic carbocycles. The van der Waals surface area contributed by atoms with Gasteiger partial charge in [0, 0.05) is 34.9 Å². The Kier molecular flexibility index (Phi) is 5.84. The second-order valence-corrected chi connectivity index (χ2v) is 9.99. The molecule has 5 aromatic rings. The molecule has 0 unspecified atom stereocenters. The van der Waals surface area contributed by atoms with Gasteiger partial charge in [0.1, 0.15) is 0 Å². The highest BCUT2D eigenvalue weighted by molar-refractivity contribution is 7.90. The first-order valence-corrected chi connectivity index (χ1v) is 12.5. The number of hydrogen-bond donors (Lipinski definition) is 2. The lowest BCUT2D eigenvalue weighted by atomic mass is 10.1. The van der Waals surface area contributed by atoms with Crippen LogP contribution < -0.4 is 11.1 Å². The van der Waals surface area contributed by atoms with Crippen molar-refractivity contribution in [2.75, 3.05) is 5.73 Å². The summed E-state index contributed by atoms with van der Waals surface area (Å²) < 4.78 is 28.4. The minimum Gasteiger partial charge on any atom is -0.399 e. The highest BCUT2D eigenvalue weighted by Crippen LogP contribution is 2.32. The van der Waals surface area contributed by atoms with Gasteiger partial charge in [-0.15, -0.1) is 0 Å². The number of nitrogens with one attached hydrogen (secondary N) is 1. The summed E-state index contributed by atoms with van der Waals surface area (Å²) in [6.07, 6.45) is 1.66. The summed E-state index contributed by atoms with van der Waals surface area (Å²) in [5.41, 5.74) is 10.0. The Bertz CT molecular complexity index is 1610. The van der Waals surface area contributed by atoms with Gasteiger partial charge in [0.2, 0.25) is 0 Å². The molecule has 0 saturated carbocycles.